The highest BCUT2D eigenvalue weighted by Crippen LogP contribution is 2.31. The Morgan fingerprint density at radius 2 is 2.37 bits per heavy atom. The van der Waals surface area contributed by atoms with E-state index in [0.29, 0.717) is 23.6 Å². The summed E-state index contributed by atoms with van der Waals surface area (Å²) in [5, 5.41) is 6.63. The van der Waals surface area contributed by atoms with E-state index < -0.39 is 0 Å². The van der Waals surface area contributed by atoms with E-state index in [9.17, 15) is 4.79 Å². The average Bonchev–Trinajstić information content (AvgIpc) is 3.13. The second-order valence-corrected chi connectivity index (χ2v) is 5.56. The van der Waals surface area contributed by atoms with Crippen LogP contribution >= 0.6 is 0 Å². The molecule has 4 rings (SSSR count). The number of pyridine rings is 1. The third kappa shape index (κ3) is 1.81. The molecule has 2 aromatic heterocycles. The summed E-state index contributed by atoms with van der Waals surface area (Å²) < 4.78 is 1.87. The van der Waals surface area contributed by atoms with Gasteiger partial charge in [0.1, 0.15) is 0 Å². The molecule has 0 radical (unpaired) electrons. The normalized spacial score (nSPS) is 28.9. The molecule has 2 aromatic rings. The largest absolute Gasteiger partial charge is 0.349 e. The van der Waals surface area contributed by atoms with Crippen LogP contribution in [0.4, 0.5) is 0 Å². The lowest BCUT2D eigenvalue weighted by Crippen LogP contribution is -2.44. The van der Waals surface area contributed by atoms with Gasteiger partial charge in [0.25, 0.3) is 5.91 Å². The number of hydrogen-bond donors (Lipinski definition) is 2. The summed E-state index contributed by atoms with van der Waals surface area (Å²) >= 11 is 0. The molecule has 0 aromatic carbocycles. The van der Waals surface area contributed by atoms with Crippen LogP contribution in [0.1, 0.15) is 23.2 Å². The fourth-order valence-electron chi connectivity index (χ4n) is 3.32. The molecule has 19 heavy (non-hydrogen) atoms. The van der Waals surface area contributed by atoms with Gasteiger partial charge in [-0.15, -0.1) is 0 Å². The van der Waals surface area contributed by atoms with Gasteiger partial charge in [-0.2, -0.15) is 0 Å². The third-order valence-corrected chi connectivity index (χ3v) is 4.35. The van der Waals surface area contributed by atoms with Crippen molar-refractivity contribution < 1.29 is 4.79 Å². The van der Waals surface area contributed by atoms with E-state index in [2.05, 4.69) is 15.6 Å². The van der Waals surface area contributed by atoms with E-state index in [1.165, 1.54) is 6.42 Å². The van der Waals surface area contributed by atoms with Crippen molar-refractivity contribution in [3.8, 4) is 0 Å². The van der Waals surface area contributed by atoms with Crippen molar-refractivity contribution in [2.45, 2.75) is 24.9 Å². The van der Waals surface area contributed by atoms with Gasteiger partial charge in [0.15, 0.2) is 0 Å². The molecule has 98 valence electrons. The number of hydrogen-bond acceptors (Lipinski definition) is 3. The number of aromatic nitrogens is 2. The SMILES string of the molecule is O=C(NC1CC2CC1CN2)c1ccc2cncn2c1. The topological polar surface area (TPSA) is 58.4 Å². The molecule has 5 heteroatoms. The number of nitrogens with one attached hydrogen (secondary N) is 2. The Balaban J connectivity index is 1.53. The van der Waals surface area contributed by atoms with Crippen molar-refractivity contribution in [2.75, 3.05) is 6.54 Å². The summed E-state index contributed by atoms with van der Waals surface area (Å²) in [6.07, 6.45) is 7.59. The molecule has 0 spiro atoms. The highest BCUT2D eigenvalue weighted by molar-refractivity contribution is 5.94. The first-order chi connectivity index (χ1) is 9.29. The summed E-state index contributed by atoms with van der Waals surface area (Å²) in [7, 11) is 0. The zero-order valence-electron chi connectivity index (χ0n) is 10.5. The van der Waals surface area contributed by atoms with Crippen LogP contribution in [0.5, 0.6) is 0 Å². The van der Waals surface area contributed by atoms with E-state index in [1.807, 2.05) is 22.7 Å². The predicted octanol–water partition coefficient (Wildman–Crippen LogP) is 0.814. The smallest absolute Gasteiger partial charge is 0.253 e. The van der Waals surface area contributed by atoms with Gasteiger partial charge in [-0.25, -0.2) is 4.98 Å². The molecular formula is C14H16N4O. The second kappa shape index (κ2) is 4.06. The Hall–Kier alpha value is -1.88. The molecule has 1 aliphatic carbocycles. The maximum absolute atomic E-state index is 12.3. The number of fused-ring (bicyclic) bond motifs is 3. The first kappa shape index (κ1) is 11.0. The van der Waals surface area contributed by atoms with Gasteiger partial charge in [0.05, 0.1) is 23.6 Å². The van der Waals surface area contributed by atoms with Gasteiger partial charge in [0.2, 0.25) is 0 Å². The van der Waals surface area contributed by atoms with E-state index >= 15 is 0 Å². The van der Waals surface area contributed by atoms with Gasteiger partial charge in [-0.3, -0.25) is 4.79 Å². The van der Waals surface area contributed by atoms with Gasteiger partial charge in [-0.05, 0) is 30.9 Å². The van der Waals surface area contributed by atoms with Gasteiger partial charge in [0, 0.05) is 24.8 Å². The van der Waals surface area contributed by atoms with Crippen molar-refractivity contribution >= 4 is 11.4 Å². The number of piperidine rings is 1. The fourth-order valence-corrected chi connectivity index (χ4v) is 3.32. The van der Waals surface area contributed by atoms with Gasteiger partial charge < -0.3 is 15.0 Å². The lowest BCUT2D eigenvalue weighted by Gasteiger charge is -2.23. The van der Waals surface area contributed by atoms with Crippen molar-refractivity contribution in [1.82, 2.24) is 20.0 Å². The Morgan fingerprint density at radius 1 is 1.42 bits per heavy atom. The lowest BCUT2D eigenvalue weighted by molar-refractivity contribution is 0.0924. The molecule has 3 heterocycles. The predicted molar refractivity (Wildman–Crippen MR) is 71.0 cm³/mol. The Labute approximate surface area is 111 Å². The molecule has 2 fully saturated rings. The summed E-state index contributed by atoms with van der Waals surface area (Å²) in [5.41, 5.74) is 1.70. The van der Waals surface area contributed by atoms with Crippen molar-refractivity contribution in [3.63, 3.8) is 0 Å². The molecular weight excluding hydrogens is 240 g/mol. The van der Waals surface area contributed by atoms with Crippen LogP contribution in [-0.2, 0) is 0 Å². The highest BCUT2D eigenvalue weighted by Gasteiger charge is 2.40. The summed E-state index contributed by atoms with van der Waals surface area (Å²) in [4.78, 5) is 16.3. The number of rotatable bonds is 2. The molecule has 2 bridgehead atoms. The maximum atomic E-state index is 12.3. The molecule has 1 amide bonds. The molecule has 5 nitrogen and oxygen atoms in total. The Bertz CT molecular complexity index is 635. The molecule has 2 aliphatic rings. The number of nitrogens with zero attached hydrogens (tertiary/aromatic N) is 2. The molecule has 3 unspecified atom stereocenters. The van der Waals surface area contributed by atoms with Crippen molar-refractivity contribution in [2.24, 2.45) is 5.92 Å². The fraction of sp³-hybridized carbons (Fsp3) is 0.429. The maximum Gasteiger partial charge on any atom is 0.253 e. The van der Waals surface area contributed by atoms with E-state index in [4.69, 9.17) is 0 Å². The molecule has 1 saturated carbocycles. The zero-order valence-corrected chi connectivity index (χ0v) is 10.5. The third-order valence-electron chi connectivity index (χ3n) is 4.35. The number of carbonyl (C=O) groups is 1. The van der Waals surface area contributed by atoms with Crippen molar-refractivity contribution in [3.05, 3.63) is 36.4 Å². The summed E-state index contributed by atoms with van der Waals surface area (Å²) in [5.74, 6) is 0.624. The number of amides is 1. The monoisotopic (exact) mass is 256 g/mol. The highest BCUT2D eigenvalue weighted by atomic mass is 16.1. The van der Waals surface area contributed by atoms with Crippen LogP contribution in [0.3, 0.4) is 0 Å². The van der Waals surface area contributed by atoms with Crippen LogP contribution in [-0.4, -0.2) is 33.9 Å². The van der Waals surface area contributed by atoms with E-state index in [-0.39, 0.29) is 5.91 Å². The number of carbonyl (C=O) groups excluding carboxylic acids is 1. The van der Waals surface area contributed by atoms with Crippen LogP contribution in [0.25, 0.3) is 5.52 Å². The van der Waals surface area contributed by atoms with Crippen LogP contribution < -0.4 is 10.6 Å². The van der Waals surface area contributed by atoms with Gasteiger partial charge in [-0.1, -0.05) is 0 Å². The average molecular weight is 256 g/mol. The molecule has 2 N–H and O–H groups in total. The summed E-state index contributed by atoms with van der Waals surface area (Å²) in [6, 6.07) is 4.71. The molecule has 3 atom stereocenters. The Morgan fingerprint density at radius 3 is 3.16 bits per heavy atom. The van der Waals surface area contributed by atoms with E-state index in [0.717, 1.165) is 18.5 Å². The summed E-state index contributed by atoms with van der Waals surface area (Å²) in [6.45, 7) is 1.04. The second-order valence-electron chi connectivity index (χ2n) is 5.56. The lowest BCUT2D eigenvalue weighted by atomic mass is 10.0. The first-order valence-corrected chi connectivity index (χ1v) is 6.75. The first-order valence-electron chi connectivity index (χ1n) is 6.75. The standard InChI is InChI=1S/C14H16N4O/c19-14(17-13-4-11-3-10(13)5-16-11)9-1-2-12-6-15-8-18(12)7-9/h1-2,6-8,10-11,13,16H,3-5H2,(H,17,19). The minimum atomic E-state index is 0.0214. The quantitative estimate of drug-likeness (QED) is 0.836. The Kier molecular flexibility index (Phi) is 2.35. The van der Waals surface area contributed by atoms with E-state index in [1.54, 1.807) is 12.5 Å². The minimum Gasteiger partial charge on any atom is -0.349 e. The van der Waals surface area contributed by atoms with Crippen LogP contribution in [0.15, 0.2) is 30.9 Å². The zero-order chi connectivity index (χ0) is 12.8. The molecule has 1 aliphatic heterocycles. The number of imidazole rings is 1. The van der Waals surface area contributed by atoms with Crippen molar-refractivity contribution in [1.29, 1.82) is 0 Å². The van der Waals surface area contributed by atoms with Crippen LogP contribution in [0.2, 0.25) is 0 Å². The van der Waals surface area contributed by atoms with Crippen LogP contribution in [0, 0.1) is 5.92 Å². The van der Waals surface area contributed by atoms with Gasteiger partial charge >= 0.3 is 0 Å². The molecule has 1 saturated heterocycles. The minimum absolute atomic E-state index is 0.0214.